The molecule has 0 aromatic heterocycles. The molecule has 1 unspecified atom stereocenters. The predicted octanol–water partition coefficient (Wildman–Crippen LogP) is 6.64. The first kappa shape index (κ1) is 20.1. The Bertz CT molecular complexity index is 755. The third-order valence-corrected chi connectivity index (χ3v) is 6.94. The van der Waals surface area contributed by atoms with E-state index in [-0.39, 0.29) is 0 Å². The molecule has 2 aromatic carbocycles. The summed E-state index contributed by atoms with van der Waals surface area (Å²) in [5, 5.41) is 0.839. The van der Waals surface area contributed by atoms with Crippen molar-refractivity contribution in [2.45, 2.75) is 37.0 Å². The van der Waals surface area contributed by atoms with Gasteiger partial charge in [0, 0.05) is 33.8 Å². The summed E-state index contributed by atoms with van der Waals surface area (Å²) in [6.07, 6.45) is 2.63. The molecule has 0 aliphatic carbocycles. The van der Waals surface area contributed by atoms with Crippen molar-refractivity contribution in [3.63, 3.8) is 0 Å². The van der Waals surface area contributed by atoms with Crippen LogP contribution in [0.15, 0.2) is 45.8 Å². The highest BCUT2D eigenvalue weighted by Gasteiger charge is 2.18. The number of nitrogens with zero attached hydrogens (tertiary/aromatic N) is 1. The fourth-order valence-corrected chi connectivity index (χ4v) is 5.34. The number of halogens is 2. The fourth-order valence-electron chi connectivity index (χ4n) is 3.52. The molecule has 2 nitrogen and oxygen atoms in total. The van der Waals surface area contributed by atoms with Crippen molar-refractivity contribution in [2.75, 3.05) is 20.2 Å². The minimum atomic E-state index is 0.782. The van der Waals surface area contributed by atoms with E-state index in [4.69, 9.17) is 16.3 Å². The number of piperidine rings is 1. The van der Waals surface area contributed by atoms with Crippen molar-refractivity contribution < 1.29 is 4.74 Å². The van der Waals surface area contributed by atoms with Crippen LogP contribution in [-0.2, 0) is 12.3 Å². The van der Waals surface area contributed by atoms with Crippen LogP contribution in [0, 0.1) is 5.92 Å². The minimum absolute atomic E-state index is 0.782. The van der Waals surface area contributed by atoms with Gasteiger partial charge in [-0.3, -0.25) is 4.90 Å². The number of hydrogen-bond acceptors (Lipinski definition) is 3. The third kappa shape index (κ3) is 5.19. The first-order chi connectivity index (χ1) is 12.6. The Morgan fingerprint density at radius 1 is 1.27 bits per heavy atom. The molecule has 0 N–H and O–H groups in total. The standard InChI is InChI=1S/C21H25BrClNOS/c1-15-5-4-10-24(12-15)13-16-6-3-7-19(23)21(16)26-14-17-11-18(22)8-9-20(17)25-2/h3,6-9,11,15H,4-5,10,12-14H2,1-2H3. The molecule has 1 aliphatic heterocycles. The zero-order valence-electron chi connectivity index (χ0n) is 15.3. The summed E-state index contributed by atoms with van der Waals surface area (Å²) in [5.41, 5.74) is 2.50. The molecule has 26 heavy (non-hydrogen) atoms. The quantitative estimate of drug-likeness (QED) is 0.454. The second-order valence-electron chi connectivity index (χ2n) is 6.96. The van der Waals surface area contributed by atoms with Gasteiger partial charge in [0.25, 0.3) is 0 Å². The zero-order chi connectivity index (χ0) is 18.5. The lowest BCUT2D eigenvalue weighted by Gasteiger charge is -2.31. The van der Waals surface area contributed by atoms with Gasteiger partial charge in [-0.15, -0.1) is 11.8 Å². The van der Waals surface area contributed by atoms with Crippen molar-refractivity contribution in [3.8, 4) is 5.75 Å². The Morgan fingerprint density at radius 3 is 2.88 bits per heavy atom. The molecule has 140 valence electrons. The molecule has 0 saturated carbocycles. The largest absolute Gasteiger partial charge is 0.496 e. The number of likely N-dealkylation sites (tertiary alicyclic amines) is 1. The van der Waals surface area contributed by atoms with Gasteiger partial charge in [-0.05, 0) is 55.1 Å². The monoisotopic (exact) mass is 453 g/mol. The highest BCUT2D eigenvalue weighted by molar-refractivity contribution is 9.10. The normalized spacial score (nSPS) is 18.1. The molecule has 0 spiro atoms. The van der Waals surface area contributed by atoms with Crippen LogP contribution in [0.1, 0.15) is 30.9 Å². The van der Waals surface area contributed by atoms with Crippen LogP contribution in [0.5, 0.6) is 5.75 Å². The topological polar surface area (TPSA) is 12.5 Å². The smallest absolute Gasteiger partial charge is 0.122 e. The lowest BCUT2D eigenvalue weighted by molar-refractivity contribution is 0.175. The Balaban J connectivity index is 1.76. The summed E-state index contributed by atoms with van der Waals surface area (Å²) in [4.78, 5) is 3.75. The lowest BCUT2D eigenvalue weighted by atomic mass is 10.00. The fraction of sp³-hybridized carbons (Fsp3) is 0.429. The maximum atomic E-state index is 6.57. The van der Waals surface area contributed by atoms with Gasteiger partial charge in [-0.25, -0.2) is 0 Å². The highest BCUT2D eigenvalue weighted by Crippen LogP contribution is 2.36. The molecule has 1 heterocycles. The number of hydrogen-bond donors (Lipinski definition) is 0. The van der Waals surface area contributed by atoms with Crippen molar-refractivity contribution in [2.24, 2.45) is 5.92 Å². The van der Waals surface area contributed by atoms with E-state index in [2.05, 4.69) is 46.0 Å². The van der Waals surface area contributed by atoms with Crippen LogP contribution >= 0.6 is 39.3 Å². The molecule has 1 atom stereocenters. The first-order valence-electron chi connectivity index (χ1n) is 9.01. The van der Waals surface area contributed by atoms with E-state index in [9.17, 15) is 0 Å². The molecule has 0 radical (unpaired) electrons. The lowest BCUT2D eigenvalue weighted by Crippen LogP contribution is -2.33. The molecule has 1 aliphatic rings. The van der Waals surface area contributed by atoms with Gasteiger partial charge in [0.15, 0.2) is 0 Å². The summed E-state index contributed by atoms with van der Waals surface area (Å²) in [6.45, 7) is 5.68. The molecular weight excluding hydrogens is 430 g/mol. The Kier molecular flexibility index (Phi) is 7.33. The second kappa shape index (κ2) is 9.50. The van der Waals surface area contributed by atoms with E-state index in [1.807, 2.05) is 18.2 Å². The average Bonchev–Trinajstić information content (AvgIpc) is 2.61. The molecule has 1 saturated heterocycles. The Labute approximate surface area is 174 Å². The van der Waals surface area contributed by atoms with Crippen LogP contribution in [0.3, 0.4) is 0 Å². The summed E-state index contributed by atoms with van der Waals surface area (Å²) in [6, 6.07) is 12.4. The molecule has 2 aromatic rings. The zero-order valence-corrected chi connectivity index (χ0v) is 18.5. The predicted molar refractivity (Wildman–Crippen MR) is 115 cm³/mol. The molecule has 1 fully saturated rings. The summed E-state index contributed by atoms with van der Waals surface area (Å²) < 4.78 is 6.57. The SMILES string of the molecule is COc1ccc(Br)cc1CSc1c(Cl)cccc1CN1CCCC(C)C1. The second-order valence-corrected chi connectivity index (χ2v) is 9.26. The van der Waals surface area contributed by atoms with Crippen molar-refractivity contribution in [1.29, 1.82) is 0 Å². The molecule has 5 heteroatoms. The maximum Gasteiger partial charge on any atom is 0.122 e. The van der Waals surface area contributed by atoms with Gasteiger partial charge in [0.05, 0.1) is 12.1 Å². The van der Waals surface area contributed by atoms with Crippen molar-refractivity contribution >= 4 is 39.3 Å². The highest BCUT2D eigenvalue weighted by atomic mass is 79.9. The van der Waals surface area contributed by atoms with Crippen LogP contribution in [0.2, 0.25) is 5.02 Å². The van der Waals surface area contributed by atoms with E-state index in [1.54, 1.807) is 18.9 Å². The van der Waals surface area contributed by atoms with Gasteiger partial charge in [-0.1, -0.05) is 46.6 Å². The van der Waals surface area contributed by atoms with Gasteiger partial charge < -0.3 is 4.74 Å². The number of methoxy groups -OCH3 is 1. The Hall–Kier alpha value is -0.680. The van der Waals surface area contributed by atoms with E-state index < -0.39 is 0 Å². The van der Waals surface area contributed by atoms with Gasteiger partial charge in [-0.2, -0.15) is 0 Å². The van der Waals surface area contributed by atoms with E-state index in [0.29, 0.717) is 0 Å². The van der Waals surface area contributed by atoms with Gasteiger partial charge >= 0.3 is 0 Å². The van der Waals surface area contributed by atoms with Crippen molar-refractivity contribution in [1.82, 2.24) is 4.90 Å². The van der Waals surface area contributed by atoms with Crippen LogP contribution in [0.25, 0.3) is 0 Å². The molecule has 0 amide bonds. The maximum absolute atomic E-state index is 6.57. The van der Waals surface area contributed by atoms with E-state index >= 15 is 0 Å². The molecular formula is C21H25BrClNOS. The summed E-state index contributed by atoms with van der Waals surface area (Å²) in [7, 11) is 1.72. The van der Waals surface area contributed by atoms with Crippen molar-refractivity contribution in [3.05, 3.63) is 57.0 Å². The number of rotatable bonds is 6. The third-order valence-electron chi connectivity index (χ3n) is 4.80. The van der Waals surface area contributed by atoms with Crippen LogP contribution in [0.4, 0.5) is 0 Å². The minimum Gasteiger partial charge on any atom is -0.496 e. The summed E-state index contributed by atoms with van der Waals surface area (Å²) >= 11 is 11.9. The average molecular weight is 455 g/mol. The van der Waals surface area contributed by atoms with Crippen LogP contribution in [-0.4, -0.2) is 25.1 Å². The first-order valence-corrected chi connectivity index (χ1v) is 11.2. The van der Waals surface area contributed by atoms with E-state index in [1.165, 1.54) is 42.0 Å². The summed E-state index contributed by atoms with van der Waals surface area (Å²) in [5.74, 6) is 2.53. The van der Waals surface area contributed by atoms with Crippen LogP contribution < -0.4 is 4.74 Å². The Morgan fingerprint density at radius 2 is 2.12 bits per heavy atom. The number of benzene rings is 2. The number of ether oxygens (including phenoxy) is 1. The number of thioether (sulfide) groups is 1. The molecule has 0 bridgehead atoms. The van der Waals surface area contributed by atoms with Gasteiger partial charge in [0.1, 0.15) is 5.75 Å². The van der Waals surface area contributed by atoms with Gasteiger partial charge in [0.2, 0.25) is 0 Å². The van der Waals surface area contributed by atoms with E-state index in [0.717, 1.165) is 33.5 Å². The molecule has 3 rings (SSSR count).